The van der Waals surface area contributed by atoms with Gasteiger partial charge in [0.15, 0.2) is 40.0 Å². The number of benzene rings is 3. The van der Waals surface area contributed by atoms with E-state index in [1.54, 1.807) is 7.11 Å². The number of likely N-dealkylation sites (N-methyl/N-ethyl adjacent to an activating group) is 1. The standard InChI is InChI=1S/C72H102N4O12S/c1-9-11-13-15-17-19-21-23-25-27-29-31-33-35-58(78)87-57-41-50-37-38-74-72(52(50)42-56(57)81-7)45-89-70-62-61(68-67(84-46-85-68)48(4)66(62)86-49(5)77)55(44-83-71(72)80)76-54(43-73)53-40-51-39-47(3)65(82-8)69(60(51)63(64(70)76)75(53)6)88-59(79)36-34-32-30-28-26-24-22-20-18-16-14-12-10-2/h39,41-42,53-55,63-64,70,74H,9-38,40,44-46H2,1-8H3/t53-,54+,55-,63-,64?,70-,72-/m1/s1. The average Bonchev–Trinajstić information content (AvgIpc) is 1.71. The van der Waals surface area contributed by atoms with Crippen molar-refractivity contribution in [3.63, 3.8) is 0 Å². The number of thioether (sulfide) groups is 1. The number of hydrogen-bond donors (Lipinski definition) is 1. The second kappa shape index (κ2) is 32.6. The minimum Gasteiger partial charge on any atom is -0.493 e. The third kappa shape index (κ3) is 15.4. The number of ether oxygens (including phenoxy) is 8. The third-order valence-electron chi connectivity index (χ3n) is 19.8. The number of nitriles is 1. The molecular formula is C72H102N4O12S. The smallest absolute Gasteiger partial charge is 0.331 e. The lowest BCUT2D eigenvalue weighted by Gasteiger charge is -2.62. The summed E-state index contributed by atoms with van der Waals surface area (Å²) in [4.78, 5) is 61.3. The van der Waals surface area contributed by atoms with Crippen molar-refractivity contribution in [3.05, 3.63) is 62.7 Å². The number of carbonyl (C=O) groups excluding carboxylic acids is 4. The molecule has 7 heterocycles. The fourth-order valence-electron chi connectivity index (χ4n) is 15.2. The highest BCUT2D eigenvalue weighted by Gasteiger charge is 2.62. The summed E-state index contributed by atoms with van der Waals surface area (Å²) in [6.45, 7) is 9.82. The van der Waals surface area contributed by atoms with E-state index in [9.17, 15) is 19.6 Å². The number of carbonyl (C=O) groups is 4. The van der Waals surface area contributed by atoms with Crippen molar-refractivity contribution < 1.29 is 57.1 Å². The average molecular weight is 1250 g/mol. The third-order valence-corrected chi connectivity index (χ3v) is 21.3. The van der Waals surface area contributed by atoms with E-state index in [2.05, 4.69) is 41.1 Å². The second-order valence-corrected chi connectivity index (χ2v) is 27.1. The van der Waals surface area contributed by atoms with Crippen LogP contribution in [0, 0.1) is 25.2 Å². The first kappa shape index (κ1) is 67.8. The van der Waals surface area contributed by atoms with Crippen LogP contribution in [0.5, 0.6) is 40.2 Å². The molecule has 1 N–H and O–H groups in total. The van der Waals surface area contributed by atoms with Crippen LogP contribution >= 0.6 is 11.8 Å². The van der Waals surface area contributed by atoms with Gasteiger partial charge in [-0.15, -0.1) is 11.8 Å². The molecule has 0 radical (unpaired) electrons. The zero-order valence-electron chi connectivity index (χ0n) is 54.9. The molecule has 10 rings (SSSR count). The summed E-state index contributed by atoms with van der Waals surface area (Å²) in [6.07, 6.45) is 32.8. The van der Waals surface area contributed by atoms with Crippen molar-refractivity contribution in [1.29, 1.82) is 5.26 Å². The lowest BCUT2D eigenvalue weighted by molar-refractivity contribution is -0.157. The van der Waals surface area contributed by atoms with Crippen LogP contribution in [0.15, 0.2) is 18.2 Å². The lowest BCUT2D eigenvalue weighted by Crippen LogP contribution is -2.69. The van der Waals surface area contributed by atoms with Crippen LogP contribution in [-0.4, -0.2) is 98.8 Å². The van der Waals surface area contributed by atoms with E-state index >= 15 is 4.79 Å². The molecule has 3 aromatic carbocycles. The Morgan fingerprint density at radius 1 is 0.674 bits per heavy atom. The number of nitrogens with zero attached hydrogens (tertiary/aromatic N) is 3. The molecule has 0 aromatic heterocycles. The molecule has 17 heteroatoms. The van der Waals surface area contributed by atoms with Crippen LogP contribution in [-0.2, 0) is 42.3 Å². The van der Waals surface area contributed by atoms with Crippen molar-refractivity contribution in [2.24, 2.45) is 0 Å². The molecule has 1 unspecified atom stereocenters. The molecule has 7 aliphatic heterocycles. The number of hydrogen-bond acceptors (Lipinski definition) is 17. The molecule has 2 fully saturated rings. The summed E-state index contributed by atoms with van der Waals surface area (Å²) in [5, 5.41) is 14.6. The zero-order valence-corrected chi connectivity index (χ0v) is 55.7. The highest BCUT2D eigenvalue weighted by Crippen LogP contribution is 2.65. The Kier molecular flexibility index (Phi) is 24.9. The molecule has 4 bridgehead atoms. The predicted octanol–water partition coefficient (Wildman–Crippen LogP) is 15.3. The Labute approximate surface area is 534 Å². The minimum absolute atomic E-state index is 0.0848. The summed E-state index contributed by atoms with van der Waals surface area (Å²) in [7, 11) is 5.18. The van der Waals surface area contributed by atoms with Gasteiger partial charge in [0.05, 0.1) is 37.6 Å². The Morgan fingerprint density at radius 3 is 1.81 bits per heavy atom. The van der Waals surface area contributed by atoms with Gasteiger partial charge in [0, 0.05) is 66.4 Å². The van der Waals surface area contributed by atoms with Crippen molar-refractivity contribution in [1.82, 2.24) is 15.1 Å². The lowest BCUT2D eigenvalue weighted by atomic mass is 9.71. The molecule has 2 saturated heterocycles. The van der Waals surface area contributed by atoms with Crippen LogP contribution in [0.25, 0.3) is 0 Å². The maximum Gasteiger partial charge on any atom is 0.331 e. The van der Waals surface area contributed by atoms with Gasteiger partial charge in [-0.3, -0.25) is 29.5 Å². The highest BCUT2D eigenvalue weighted by atomic mass is 32.2. The van der Waals surface area contributed by atoms with Crippen molar-refractivity contribution in [2.45, 2.75) is 268 Å². The van der Waals surface area contributed by atoms with E-state index < -0.39 is 46.9 Å². The van der Waals surface area contributed by atoms with Gasteiger partial charge in [-0.2, -0.15) is 5.26 Å². The fourth-order valence-corrected chi connectivity index (χ4v) is 16.9. The van der Waals surface area contributed by atoms with Gasteiger partial charge in [0.1, 0.15) is 18.4 Å². The molecule has 0 saturated carbocycles. The van der Waals surface area contributed by atoms with Crippen molar-refractivity contribution >= 4 is 35.6 Å². The van der Waals surface area contributed by atoms with Gasteiger partial charge < -0.3 is 37.9 Å². The van der Waals surface area contributed by atoms with Crippen LogP contribution in [0.2, 0.25) is 0 Å². The van der Waals surface area contributed by atoms with Gasteiger partial charge >= 0.3 is 23.9 Å². The number of aryl methyl sites for hydroxylation is 1. The van der Waals surface area contributed by atoms with Crippen LogP contribution in [0.3, 0.4) is 0 Å². The van der Waals surface area contributed by atoms with E-state index in [1.807, 2.05) is 33.0 Å². The van der Waals surface area contributed by atoms with E-state index in [-0.39, 0.29) is 50.0 Å². The van der Waals surface area contributed by atoms with E-state index in [1.165, 1.54) is 148 Å². The minimum atomic E-state index is -1.45. The number of rotatable bonds is 33. The monoisotopic (exact) mass is 1250 g/mol. The SMILES string of the molecule is CCCCCCCCCCCCCCCC(=O)Oc1cc2c(cc1OC)[C@@]1(CS[C@@H]3c4c(OC(C)=O)c(C)c5c(c4[C@@H](COC1=O)N1C3[C@H]3c4c(cc(C)c(OC)c4OC(=O)CCCCCCCCCCCCCCC)C[C@H]([C@@H]1C#N)N3C)OCO5)NCC2. The summed E-state index contributed by atoms with van der Waals surface area (Å²) in [5.74, 6) is 1.05. The summed E-state index contributed by atoms with van der Waals surface area (Å²) >= 11 is 1.50. The van der Waals surface area contributed by atoms with E-state index in [0.717, 1.165) is 60.8 Å². The number of fused-ring (bicyclic) bond motifs is 9. The Bertz CT molecular complexity index is 2980. The number of piperazine rings is 1. The molecule has 7 aliphatic rings. The summed E-state index contributed by atoms with van der Waals surface area (Å²) in [5.41, 5.74) is 4.47. The molecule has 1 spiro atoms. The second-order valence-electron chi connectivity index (χ2n) is 26.0. The predicted molar refractivity (Wildman–Crippen MR) is 347 cm³/mol. The first-order valence-corrected chi connectivity index (χ1v) is 35.3. The summed E-state index contributed by atoms with van der Waals surface area (Å²) < 4.78 is 50.6. The van der Waals surface area contributed by atoms with Crippen LogP contribution < -0.4 is 38.5 Å². The molecule has 3 aromatic rings. The van der Waals surface area contributed by atoms with Gasteiger partial charge in [0.2, 0.25) is 6.79 Å². The molecule has 89 heavy (non-hydrogen) atoms. The van der Waals surface area contributed by atoms with Crippen molar-refractivity contribution in [3.8, 4) is 46.3 Å². The molecule has 0 aliphatic carbocycles. The van der Waals surface area contributed by atoms with Gasteiger partial charge in [-0.1, -0.05) is 174 Å². The van der Waals surface area contributed by atoms with Gasteiger partial charge in [-0.25, -0.2) is 4.79 Å². The molecule has 488 valence electrons. The van der Waals surface area contributed by atoms with Crippen LogP contribution in [0.4, 0.5) is 0 Å². The van der Waals surface area contributed by atoms with E-state index in [0.29, 0.717) is 88.3 Å². The number of unbranched alkanes of at least 4 members (excludes halogenated alkanes) is 24. The first-order valence-electron chi connectivity index (χ1n) is 34.2. The van der Waals surface area contributed by atoms with E-state index in [4.69, 9.17) is 37.9 Å². The Balaban J connectivity index is 1.00. The maximum absolute atomic E-state index is 15.5. The van der Waals surface area contributed by atoms with Gasteiger partial charge in [-0.05, 0) is 81.0 Å². The normalized spacial score (nSPS) is 22.3. The first-order chi connectivity index (χ1) is 43.3. The number of esters is 4. The highest BCUT2D eigenvalue weighted by molar-refractivity contribution is 7.99. The number of methoxy groups -OCH3 is 2. The molecule has 0 amide bonds. The van der Waals surface area contributed by atoms with Crippen LogP contribution in [0.1, 0.15) is 262 Å². The molecule has 7 atom stereocenters. The molecular weight excluding hydrogens is 1140 g/mol. The van der Waals surface area contributed by atoms with Crippen molar-refractivity contribution in [2.75, 3.05) is 47.0 Å². The largest absolute Gasteiger partial charge is 0.493 e. The number of nitrogens with one attached hydrogen (secondary N) is 1. The Hall–Kier alpha value is -5.54. The zero-order chi connectivity index (χ0) is 63.0. The maximum atomic E-state index is 15.5. The summed E-state index contributed by atoms with van der Waals surface area (Å²) in [6, 6.07) is 5.44. The molecule has 16 nitrogen and oxygen atoms in total. The topological polar surface area (TPSA) is 184 Å². The van der Waals surface area contributed by atoms with Gasteiger partial charge in [0.25, 0.3) is 0 Å². The fraction of sp³-hybridized carbons (Fsp3) is 0.681. The Morgan fingerprint density at radius 2 is 1.25 bits per heavy atom. The quantitative estimate of drug-likeness (QED) is 0.0345.